The number of thiophene rings is 1. The Morgan fingerprint density at radius 3 is 2.09 bits per heavy atom. The third kappa shape index (κ3) is 4.27. The zero-order valence-electron chi connectivity index (χ0n) is 19.3. The van der Waals surface area contributed by atoms with Crippen LogP contribution in [0.25, 0.3) is 10.2 Å². The molecule has 4 rings (SSSR count). The highest BCUT2D eigenvalue weighted by molar-refractivity contribution is 7.17. The van der Waals surface area contributed by atoms with E-state index in [4.69, 9.17) is 23.7 Å². The fraction of sp³-hybridized carbons (Fsp3) is 0.208. The third-order valence-corrected chi connectivity index (χ3v) is 6.00. The number of rotatable bonds is 9. The molecule has 0 radical (unpaired) electrons. The van der Waals surface area contributed by atoms with Gasteiger partial charge in [0.25, 0.3) is 0 Å². The van der Waals surface area contributed by atoms with Crippen LogP contribution in [0, 0.1) is 0 Å². The molecule has 2 aromatic heterocycles. The minimum Gasteiger partial charge on any atom is -0.493 e. The summed E-state index contributed by atoms with van der Waals surface area (Å²) in [6.07, 6.45) is 0. The number of methoxy groups -OCH3 is 5. The molecule has 0 bridgehead atoms. The SMILES string of the molecule is COc1ccc(Nc2nc(C(=O)c3cc(OC)c(OC)c(OC)c3)c3sccc3n2)cc1OC. The Morgan fingerprint density at radius 2 is 1.47 bits per heavy atom. The van der Waals surface area contributed by atoms with Gasteiger partial charge in [0.15, 0.2) is 23.0 Å². The number of nitrogens with one attached hydrogen (secondary N) is 1. The molecule has 0 fully saturated rings. The summed E-state index contributed by atoms with van der Waals surface area (Å²) < 4.78 is 27.5. The number of carbonyl (C=O) groups is 1. The van der Waals surface area contributed by atoms with Crippen LogP contribution in [0.5, 0.6) is 28.7 Å². The maximum atomic E-state index is 13.6. The van der Waals surface area contributed by atoms with Crippen LogP contribution in [0.3, 0.4) is 0 Å². The first-order valence-corrected chi connectivity index (χ1v) is 11.0. The largest absolute Gasteiger partial charge is 0.493 e. The van der Waals surface area contributed by atoms with E-state index in [1.165, 1.54) is 32.7 Å². The zero-order chi connectivity index (χ0) is 24.2. The predicted molar refractivity (Wildman–Crippen MR) is 130 cm³/mol. The van der Waals surface area contributed by atoms with E-state index in [-0.39, 0.29) is 17.4 Å². The molecule has 4 aromatic rings. The fourth-order valence-corrected chi connectivity index (χ4v) is 4.28. The van der Waals surface area contributed by atoms with E-state index in [0.29, 0.717) is 50.2 Å². The van der Waals surface area contributed by atoms with Crippen LogP contribution >= 0.6 is 11.3 Å². The van der Waals surface area contributed by atoms with Crippen LogP contribution < -0.4 is 29.0 Å². The van der Waals surface area contributed by atoms with E-state index in [9.17, 15) is 4.79 Å². The van der Waals surface area contributed by atoms with Crippen molar-refractivity contribution in [3.63, 3.8) is 0 Å². The predicted octanol–water partition coefficient (Wildman–Crippen LogP) is 4.71. The van der Waals surface area contributed by atoms with E-state index >= 15 is 0 Å². The second-order valence-corrected chi connectivity index (χ2v) is 7.88. The van der Waals surface area contributed by atoms with Gasteiger partial charge in [-0.05, 0) is 35.7 Å². The molecule has 0 aliphatic carbocycles. The number of fused-ring (bicyclic) bond motifs is 1. The number of ketones is 1. The van der Waals surface area contributed by atoms with Crippen LogP contribution in [0.1, 0.15) is 16.1 Å². The number of benzene rings is 2. The van der Waals surface area contributed by atoms with Gasteiger partial charge < -0.3 is 29.0 Å². The number of hydrogen-bond donors (Lipinski definition) is 1. The van der Waals surface area contributed by atoms with Gasteiger partial charge in [0.05, 0.1) is 45.8 Å². The van der Waals surface area contributed by atoms with Crippen LogP contribution in [-0.2, 0) is 0 Å². The smallest absolute Gasteiger partial charge is 0.228 e. The molecular formula is C24H23N3O6S. The average Bonchev–Trinajstić information content (AvgIpc) is 3.35. The Morgan fingerprint density at radius 1 is 0.794 bits per heavy atom. The first-order chi connectivity index (χ1) is 16.5. The highest BCUT2D eigenvalue weighted by atomic mass is 32.1. The van der Waals surface area contributed by atoms with E-state index in [2.05, 4.69) is 15.3 Å². The summed E-state index contributed by atoms with van der Waals surface area (Å²) in [5.74, 6) is 2.29. The Kier molecular flexibility index (Phi) is 6.69. The molecule has 2 heterocycles. The molecule has 1 N–H and O–H groups in total. The third-order valence-electron chi connectivity index (χ3n) is 5.09. The van der Waals surface area contributed by atoms with E-state index in [0.717, 1.165) is 0 Å². The van der Waals surface area contributed by atoms with Gasteiger partial charge in [-0.25, -0.2) is 9.97 Å². The molecule has 9 nitrogen and oxygen atoms in total. The second kappa shape index (κ2) is 9.84. The van der Waals surface area contributed by atoms with E-state index in [1.807, 2.05) is 17.5 Å². The molecule has 0 amide bonds. The number of ether oxygens (including phenoxy) is 5. The topological polar surface area (TPSA) is 101 Å². The van der Waals surface area contributed by atoms with E-state index < -0.39 is 0 Å². The fourth-order valence-electron chi connectivity index (χ4n) is 3.47. The lowest BCUT2D eigenvalue weighted by atomic mass is 10.1. The number of hydrogen-bond acceptors (Lipinski definition) is 10. The van der Waals surface area contributed by atoms with Gasteiger partial charge >= 0.3 is 0 Å². The standard InChI is InChI=1S/C24H23N3O6S/c1-29-16-7-6-14(12-17(16)30-2)25-24-26-15-8-9-34-23(15)20(27-24)21(28)13-10-18(31-3)22(33-5)19(11-13)32-4/h6-12H,1-5H3,(H,25,26,27). The molecule has 0 unspecified atom stereocenters. The van der Waals surface area contributed by atoms with Crippen molar-refractivity contribution in [2.45, 2.75) is 0 Å². The van der Waals surface area contributed by atoms with Crippen LogP contribution in [0.2, 0.25) is 0 Å². The van der Waals surface area contributed by atoms with Gasteiger partial charge in [-0.3, -0.25) is 4.79 Å². The lowest BCUT2D eigenvalue weighted by molar-refractivity contribution is 0.103. The maximum Gasteiger partial charge on any atom is 0.228 e. The molecule has 176 valence electrons. The number of carbonyl (C=O) groups excluding carboxylic acids is 1. The number of nitrogens with zero attached hydrogens (tertiary/aromatic N) is 2. The van der Waals surface area contributed by atoms with Gasteiger partial charge in [0.2, 0.25) is 17.5 Å². The zero-order valence-corrected chi connectivity index (χ0v) is 20.1. The Bertz CT molecular complexity index is 1330. The first-order valence-electron chi connectivity index (χ1n) is 10.1. The number of aromatic nitrogens is 2. The summed E-state index contributed by atoms with van der Waals surface area (Å²) in [5, 5.41) is 5.01. The van der Waals surface area contributed by atoms with E-state index in [1.54, 1.807) is 38.5 Å². The number of anilines is 2. The Balaban J connectivity index is 1.77. The molecule has 0 aliphatic rings. The maximum absolute atomic E-state index is 13.6. The summed E-state index contributed by atoms with van der Waals surface area (Å²) >= 11 is 1.39. The molecule has 0 saturated heterocycles. The van der Waals surface area contributed by atoms with Gasteiger partial charge in [0.1, 0.15) is 5.69 Å². The summed E-state index contributed by atoms with van der Waals surface area (Å²) in [6, 6.07) is 10.4. The van der Waals surface area contributed by atoms with Crippen molar-refractivity contribution in [1.29, 1.82) is 0 Å². The minimum atomic E-state index is -0.301. The van der Waals surface area contributed by atoms with Crippen molar-refractivity contribution in [2.24, 2.45) is 0 Å². The average molecular weight is 482 g/mol. The normalized spacial score (nSPS) is 10.6. The lowest BCUT2D eigenvalue weighted by Gasteiger charge is -2.14. The Labute approximate surface area is 200 Å². The van der Waals surface area contributed by atoms with Crippen LogP contribution in [0.15, 0.2) is 41.8 Å². The Hall–Kier alpha value is -4.05. The summed E-state index contributed by atoms with van der Waals surface area (Å²) in [5.41, 5.74) is 1.94. The highest BCUT2D eigenvalue weighted by Crippen LogP contribution is 2.39. The van der Waals surface area contributed by atoms with Crippen molar-refractivity contribution in [1.82, 2.24) is 9.97 Å². The molecule has 2 aromatic carbocycles. The van der Waals surface area contributed by atoms with Crippen molar-refractivity contribution in [3.05, 3.63) is 53.0 Å². The molecule has 10 heteroatoms. The summed E-state index contributed by atoms with van der Waals surface area (Å²) in [4.78, 5) is 22.7. The molecule has 0 aliphatic heterocycles. The van der Waals surface area contributed by atoms with Crippen molar-refractivity contribution in [2.75, 3.05) is 40.9 Å². The minimum absolute atomic E-state index is 0.261. The summed E-state index contributed by atoms with van der Waals surface area (Å²) in [6.45, 7) is 0. The van der Waals surface area contributed by atoms with Crippen molar-refractivity contribution < 1.29 is 28.5 Å². The second-order valence-electron chi connectivity index (χ2n) is 6.97. The highest BCUT2D eigenvalue weighted by Gasteiger charge is 2.22. The van der Waals surface area contributed by atoms with Gasteiger partial charge in [-0.1, -0.05) is 0 Å². The first kappa shape index (κ1) is 23.1. The summed E-state index contributed by atoms with van der Waals surface area (Å²) in [7, 11) is 7.63. The monoisotopic (exact) mass is 481 g/mol. The lowest BCUT2D eigenvalue weighted by Crippen LogP contribution is -2.09. The van der Waals surface area contributed by atoms with Crippen molar-refractivity contribution >= 4 is 39.0 Å². The van der Waals surface area contributed by atoms with Gasteiger partial charge in [0, 0.05) is 17.3 Å². The van der Waals surface area contributed by atoms with Crippen LogP contribution in [0.4, 0.5) is 11.6 Å². The van der Waals surface area contributed by atoms with Gasteiger partial charge in [-0.2, -0.15) is 0 Å². The molecular weight excluding hydrogens is 458 g/mol. The quantitative estimate of drug-likeness (QED) is 0.341. The van der Waals surface area contributed by atoms with Crippen molar-refractivity contribution in [3.8, 4) is 28.7 Å². The molecule has 0 saturated carbocycles. The van der Waals surface area contributed by atoms with Crippen LogP contribution in [-0.4, -0.2) is 51.3 Å². The molecule has 34 heavy (non-hydrogen) atoms. The van der Waals surface area contributed by atoms with Gasteiger partial charge in [-0.15, -0.1) is 11.3 Å². The molecule has 0 spiro atoms. The molecule has 0 atom stereocenters.